The van der Waals surface area contributed by atoms with Crippen LogP contribution in [0.2, 0.25) is 0 Å². The van der Waals surface area contributed by atoms with Crippen LogP contribution < -0.4 is 0 Å². The predicted octanol–water partition coefficient (Wildman–Crippen LogP) is 2.70. The van der Waals surface area contributed by atoms with Gasteiger partial charge in [0.2, 0.25) is 5.78 Å². The molecule has 0 amide bonds. The summed E-state index contributed by atoms with van der Waals surface area (Å²) >= 11 is 3.19. The molecule has 1 heterocycles. The molecule has 0 saturated carbocycles. The molecule has 94 valence electrons. The minimum Gasteiger partial charge on any atom is -0.461 e. The van der Waals surface area contributed by atoms with Gasteiger partial charge in [0.15, 0.2) is 15.6 Å². The third-order valence-corrected chi connectivity index (χ3v) is 4.38. The topological polar surface area (TPSA) is 64.3 Å². The third-order valence-electron chi connectivity index (χ3n) is 2.27. The first-order chi connectivity index (χ1) is 8.49. The summed E-state index contributed by atoms with van der Waals surface area (Å²) in [7, 11) is -3.65. The minimum atomic E-state index is -3.65. The van der Waals surface area contributed by atoms with E-state index in [1.807, 2.05) is 0 Å². The second-order valence-corrected chi connectivity index (χ2v) is 6.52. The zero-order valence-electron chi connectivity index (χ0n) is 9.17. The number of Topliss-reactive ketones (excluding diaryl/α,β-unsaturated/α-hetero) is 1. The minimum absolute atomic E-state index is 0.0496. The highest BCUT2D eigenvalue weighted by Crippen LogP contribution is 2.18. The van der Waals surface area contributed by atoms with Gasteiger partial charge in [0.05, 0.1) is 11.2 Å². The van der Waals surface area contributed by atoms with Crippen LogP contribution in [-0.4, -0.2) is 20.0 Å². The monoisotopic (exact) mass is 328 g/mol. The van der Waals surface area contributed by atoms with Gasteiger partial charge in [-0.25, -0.2) is 8.42 Å². The summed E-state index contributed by atoms with van der Waals surface area (Å²) in [6.07, 6.45) is 1.33. The number of furan rings is 1. The molecule has 0 fully saturated rings. The van der Waals surface area contributed by atoms with Crippen LogP contribution in [0.1, 0.15) is 10.6 Å². The second-order valence-electron chi connectivity index (χ2n) is 3.62. The Morgan fingerprint density at radius 1 is 1.22 bits per heavy atom. The first kappa shape index (κ1) is 13.0. The van der Waals surface area contributed by atoms with Gasteiger partial charge in [0, 0.05) is 4.47 Å². The van der Waals surface area contributed by atoms with Crippen molar-refractivity contribution in [1.29, 1.82) is 0 Å². The average Bonchev–Trinajstić information content (AvgIpc) is 2.82. The Hall–Kier alpha value is -1.40. The van der Waals surface area contributed by atoms with E-state index in [9.17, 15) is 13.2 Å². The van der Waals surface area contributed by atoms with E-state index in [-0.39, 0.29) is 10.7 Å². The van der Waals surface area contributed by atoms with E-state index < -0.39 is 21.4 Å². The number of carbonyl (C=O) groups is 1. The van der Waals surface area contributed by atoms with Crippen molar-refractivity contribution in [2.45, 2.75) is 4.90 Å². The molecule has 6 heteroatoms. The Morgan fingerprint density at radius 2 is 2.00 bits per heavy atom. The van der Waals surface area contributed by atoms with Crippen LogP contribution in [0.4, 0.5) is 0 Å². The average molecular weight is 329 g/mol. The van der Waals surface area contributed by atoms with Crippen molar-refractivity contribution in [3.8, 4) is 0 Å². The van der Waals surface area contributed by atoms with Crippen molar-refractivity contribution in [1.82, 2.24) is 0 Å². The van der Waals surface area contributed by atoms with Crippen molar-refractivity contribution in [2.75, 3.05) is 5.75 Å². The summed E-state index contributed by atoms with van der Waals surface area (Å²) in [5, 5.41) is 0. The standard InChI is InChI=1S/C12H9BrO4S/c13-9-3-1-4-10(7-9)18(15,16)8-11(14)12-5-2-6-17-12/h1-7H,8H2. The molecule has 0 radical (unpaired) electrons. The highest BCUT2D eigenvalue weighted by atomic mass is 79.9. The molecule has 0 N–H and O–H groups in total. The van der Waals surface area contributed by atoms with Crippen LogP contribution in [0.25, 0.3) is 0 Å². The number of rotatable bonds is 4. The Labute approximate surface area is 113 Å². The number of benzene rings is 1. The third kappa shape index (κ3) is 2.88. The summed E-state index contributed by atoms with van der Waals surface area (Å²) < 4.78 is 29.5. The quantitative estimate of drug-likeness (QED) is 0.809. The summed E-state index contributed by atoms with van der Waals surface area (Å²) in [4.78, 5) is 11.8. The fourth-order valence-electron chi connectivity index (χ4n) is 1.42. The zero-order valence-corrected chi connectivity index (χ0v) is 11.6. The number of carbonyl (C=O) groups excluding carboxylic acids is 1. The van der Waals surface area contributed by atoms with E-state index in [2.05, 4.69) is 15.9 Å². The maximum absolute atomic E-state index is 12.0. The van der Waals surface area contributed by atoms with E-state index in [1.54, 1.807) is 18.2 Å². The SMILES string of the molecule is O=C(CS(=O)(=O)c1cccc(Br)c1)c1ccco1. The van der Waals surface area contributed by atoms with E-state index in [4.69, 9.17) is 4.42 Å². The number of hydrogen-bond acceptors (Lipinski definition) is 4. The molecule has 18 heavy (non-hydrogen) atoms. The van der Waals surface area contributed by atoms with Gasteiger partial charge in [0.1, 0.15) is 5.75 Å². The fourth-order valence-corrected chi connectivity index (χ4v) is 3.22. The van der Waals surface area contributed by atoms with E-state index >= 15 is 0 Å². The number of halogens is 1. The van der Waals surface area contributed by atoms with Gasteiger partial charge in [-0.15, -0.1) is 0 Å². The van der Waals surface area contributed by atoms with Crippen molar-refractivity contribution in [3.05, 3.63) is 52.9 Å². The van der Waals surface area contributed by atoms with Gasteiger partial charge < -0.3 is 4.42 Å². The van der Waals surface area contributed by atoms with E-state index in [0.717, 1.165) is 0 Å². The molecule has 2 aromatic rings. The maximum Gasteiger partial charge on any atom is 0.213 e. The number of sulfone groups is 1. The Bertz CT molecular complexity index is 659. The van der Waals surface area contributed by atoms with Crippen molar-refractivity contribution in [3.63, 3.8) is 0 Å². The van der Waals surface area contributed by atoms with Gasteiger partial charge in [-0.05, 0) is 30.3 Å². The fraction of sp³-hybridized carbons (Fsp3) is 0.0833. The highest BCUT2D eigenvalue weighted by molar-refractivity contribution is 9.10. The summed E-state index contributed by atoms with van der Waals surface area (Å²) in [5.41, 5.74) is 0. The molecule has 0 unspecified atom stereocenters. The summed E-state index contributed by atoms with van der Waals surface area (Å²) in [6.45, 7) is 0. The van der Waals surface area contributed by atoms with Crippen LogP contribution in [-0.2, 0) is 9.84 Å². The van der Waals surface area contributed by atoms with Gasteiger partial charge >= 0.3 is 0 Å². The van der Waals surface area contributed by atoms with Gasteiger partial charge in [-0.3, -0.25) is 4.79 Å². The maximum atomic E-state index is 12.0. The molecule has 0 aliphatic rings. The van der Waals surface area contributed by atoms with Gasteiger partial charge in [-0.2, -0.15) is 0 Å². The number of hydrogen-bond donors (Lipinski definition) is 0. The van der Waals surface area contributed by atoms with Crippen LogP contribution >= 0.6 is 15.9 Å². The molecule has 0 spiro atoms. The molecule has 2 rings (SSSR count). The first-order valence-electron chi connectivity index (χ1n) is 5.04. The normalized spacial score (nSPS) is 11.4. The largest absolute Gasteiger partial charge is 0.461 e. The predicted molar refractivity (Wildman–Crippen MR) is 69.2 cm³/mol. The lowest BCUT2D eigenvalue weighted by Gasteiger charge is -2.03. The molecule has 0 aliphatic heterocycles. The van der Waals surface area contributed by atoms with Gasteiger partial charge in [0.25, 0.3) is 0 Å². The molecule has 4 nitrogen and oxygen atoms in total. The number of ketones is 1. The molecule has 0 saturated heterocycles. The smallest absolute Gasteiger partial charge is 0.213 e. The molecule has 0 aliphatic carbocycles. The molecule has 1 aromatic heterocycles. The Morgan fingerprint density at radius 3 is 2.61 bits per heavy atom. The molecule has 0 bridgehead atoms. The summed E-state index contributed by atoms with van der Waals surface area (Å²) in [5.74, 6) is -1.11. The molecular weight excluding hydrogens is 320 g/mol. The lowest BCUT2D eigenvalue weighted by atomic mass is 10.3. The van der Waals surface area contributed by atoms with Gasteiger partial charge in [-0.1, -0.05) is 22.0 Å². The van der Waals surface area contributed by atoms with E-state index in [1.165, 1.54) is 24.5 Å². The lowest BCUT2D eigenvalue weighted by molar-refractivity contribution is 0.0990. The highest BCUT2D eigenvalue weighted by Gasteiger charge is 2.21. The van der Waals surface area contributed by atoms with Crippen molar-refractivity contribution < 1.29 is 17.6 Å². The van der Waals surface area contributed by atoms with Crippen LogP contribution in [0, 0.1) is 0 Å². The van der Waals surface area contributed by atoms with Crippen molar-refractivity contribution >= 4 is 31.6 Å². The van der Waals surface area contributed by atoms with E-state index in [0.29, 0.717) is 4.47 Å². The lowest BCUT2D eigenvalue weighted by Crippen LogP contribution is -2.15. The van der Waals surface area contributed by atoms with Crippen LogP contribution in [0.5, 0.6) is 0 Å². The summed E-state index contributed by atoms with van der Waals surface area (Å²) in [6, 6.07) is 9.22. The van der Waals surface area contributed by atoms with Crippen molar-refractivity contribution in [2.24, 2.45) is 0 Å². The van der Waals surface area contributed by atoms with Crippen LogP contribution in [0.15, 0.2) is 56.4 Å². The second kappa shape index (κ2) is 5.07. The first-order valence-corrected chi connectivity index (χ1v) is 7.48. The molecular formula is C12H9BrO4S. The molecule has 1 aromatic carbocycles. The van der Waals surface area contributed by atoms with Crippen LogP contribution in [0.3, 0.4) is 0 Å². The Balaban J connectivity index is 2.25. The Kier molecular flexibility index (Phi) is 3.68. The molecule has 0 atom stereocenters. The zero-order chi connectivity index (χ0) is 13.2.